The van der Waals surface area contributed by atoms with E-state index < -0.39 is 11.9 Å². The molecule has 9 nitrogen and oxygen atoms in total. The number of hydrogen-bond acceptors (Lipinski definition) is 7. The maximum Gasteiger partial charge on any atom is 0.257 e. The van der Waals surface area contributed by atoms with Crippen molar-refractivity contribution in [3.63, 3.8) is 0 Å². The van der Waals surface area contributed by atoms with E-state index in [4.69, 9.17) is 21.6 Å². The van der Waals surface area contributed by atoms with Crippen LogP contribution in [-0.4, -0.2) is 24.0 Å². The largest absolute Gasteiger partial charge is 0.480 e. The highest BCUT2D eigenvalue weighted by Crippen LogP contribution is 2.35. The first kappa shape index (κ1) is 20.2. The molecule has 0 spiro atoms. The van der Waals surface area contributed by atoms with Crippen molar-refractivity contribution < 1.29 is 9.53 Å². The van der Waals surface area contributed by atoms with Crippen molar-refractivity contribution >= 4 is 30.1 Å². The predicted molar refractivity (Wildman–Crippen MR) is 96.7 cm³/mol. The lowest BCUT2D eigenvalue weighted by atomic mass is 9.95. The molecule has 2 rings (SSSR count). The molecular formula is C16H14ClN7O2. The standard InChI is InChI=1S/C16H13N7O2.ClH/c1-25-15-11(7-18)12(10(6-17)13(19)22-15)8-3-2-4-9(5-8)14(24)23-16(20)21;/h2-5H,1H3,(H2,19,22)(H4,20,21,23,24);1H. The molecule has 10 heteroatoms. The summed E-state index contributed by atoms with van der Waals surface area (Å²) in [5, 5.41) is 28.1. The second kappa shape index (κ2) is 8.33. The third-order valence-corrected chi connectivity index (χ3v) is 3.27. The summed E-state index contributed by atoms with van der Waals surface area (Å²) in [5.74, 6) is -1.21. The second-order valence-electron chi connectivity index (χ2n) is 4.80. The van der Waals surface area contributed by atoms with Gasteiger partial charge in [0, 0.05) is 11.1 Å². The first-order chi connectivity index (χ1) is 11.9. The number of ether oxygens (including phenoxy) is 1. The van der Waals surface area contributed by atoms with Crippen LogP contribution < -0.4 is 21.5 Å². The molecule has 0 saturated carbocycles. The number of amides is 1. The lowest BCUT2D eigenvalue weighted by Gasteiger charge is -2.13. The van der Waals surface area contributed by atoms with E-state index in [2.05, 4.69) is 10.3 Å². The number of nitriles is 2. The van der Waals surface area contributed by atoms with E-state index in [1.807, 2.05) is 12.1 Å². The van der Waals surface area contributed by atoms with Crippen LogP contribution in [0.15, 0.2) is 24.3 Å². The van der Waals surface area contributed by atoms with Crippen LogP contribution >= 0.6 is 12.4 Å². The van der Waals surface area contributed by atoms with Gasteiger partial charge in [0.25, 0.3) is 5.91 Å². The monoisotopic (exact) mass is 371 g/mol. The van der Waals surface area contributed by atoms with Crippen LogP contribution in [0.3, 0.4) is 0 Å². The molecule has 2 aromatic rings. The number of nitrogens with one attached hydrogen (secondary N) is 2. The molecule has 0 atom stereocenters. The second-order valence-corrected chi connectivity index (χ2v) is 4.80. The summed E-state index contributed by atoms with van der Waals surface area (Å²) in [6.45, 7) is 0. The molecule has 0 aliphatic carbocycles. The maximum atomic E-state index is 12.0. The SMILES string of the molecule is COc1nc(N)c(C#N)c(-c2cccc(C(=O)NC(=N)N)c2)c1C#N.Cl. The Morgan fingerprint density at radius 1 is 1.31 bits per heavy atom. The average molecular weight is 372 g/mol. The smallest absolute Gasteiger partial charge is 0.257 e. The quantitative estimate of drug-likeness (QED) is 0.461. The first-order valence-corrected chi connectivity index (χ1v) is 6.86. The Morgan fingerprint density at radius 2 is 1.96 bits per heavy atom. The molecule has 0 unspecified atom stereocenters. The third-order valence-electron chi connectivity index (χ3n) is 3.27. The minimum Gasteiger partial charge on any atom is -0.480 e. The summed E-state index contributed by atoms with van der Waals surface area (Å²) in [6, 6.07) is 10.00. The van der Waals surface area contributed by atoms with Gasteiger partial charge in [-0.05, 0) is 17.7 Å². The Bertz CT molecular complexity index is 960. The number of rotatable bonds is 3. The zero-order valence-electron chi connectivity index (χ0n) is 13.5. The molecular weight excluding hydrogens is 358 g/mol. The van der Waals surface area contributed by atoms with E-state index in [0.29, 0.717) is 5.56 Å². The fourth-order valence-corrected chi connectivity index (χ4v) is 2.24. The van der Waals surface area contributed by atoms with Gasteiger partial charge in [-0.25, -0.2) is 0 Å². The highest BCUT2D eigenvalue weighted by molar-refractivity contribution is 6.05. The molecule has 6 N–H and O–H groups in total. The molecule has 0 saturated heterocycles. The Hall–Kier alpha value is -3.82. The van der Waals surface area contributed by atoms with Gasteiger partial charge in [-0.15, -0.1) is 12.4 Å². The van der Waals surface area contributed by atoms with E-state index in [0.717, 1.165) is 0 Å². The number of pyridine rings is 1. The molecule has 1 aromatic carbocycles. The van der Waals surface area contributed by atoms with Crippen molar-refractivity contribution in [1.82, 2.24) is 10.3 Å². The number of nitrogens with two attached hydrogens (primary N) is 2. The van der Waals surface area contributed by atoms with Crippen LogP contribution in [0.1, 0.15) is 21.5 Å². The van der Waals surface area contributed by atoms with E-state index >= 15 is 0 Å². The highest BCUT2D eigenvalue weighted by atomic mass is 35.5. The van der Waals surface area contributed by atoms with Crippen molar-refractivity contribution in [1.29, 1.82) is 15.9 Å². The Balaban J connectivity index is 0.00000338. The van der Waals surface area contributed by atoms with E-state index in [1.165, 1.54) is 19.2 Å². The highest BCUT2D eigenvalue weighted by Gasteiger charge is 2.21. The normalized spacial score (nSPS) is 9.19. The lowest BCUT2D eigenvalue weighted by Crippen LogP contribution is -2.35. The molecule has 1 heterocycles. The number of carbonyl (C=O) groups is 1. The van der Waals surface area contributed by atoms with Gasteiger partial charge in [-0.2, -0.15) is 15.5 Å². The number of methoxy groups -OCH3 is 1. The minimum absolute atomic E-state index is 0. The average Bonchev–Trinajstić information content (AvgIpc) is 2.60. The molecule has 1 amide bonds. The van der Waals surface area contributed by atoms with Gasteiger partial charge in [-0.3, -0.25) is 15.5 Å². The van der Waals surface area contributed by atoms with Crippen molar-refractivity contribution in [2.75, 3.05) is 12.8 Å². The number of nitrogen functional groups attached to an aromatic ring is 1. The van der Waals surface area contributed by atoms with Crippen LogP contribution in [0.25, 0.3) is 11.1 Å². The number of anilines is 1. The fourth-order valence-electron chi connectivity index (χ4n) is 2.24. The Morgan fingerprint density at radius 3 is 2.50 bits per heavy atom. The summed E-state index contributed by atoms with van der Waals surface area (Å²) >= 11 is 0. The number of nitrogens with zero attached hydrogens (tertiary/aromatic N) is 3. The summed E-state index contributed by atoms with van der Waals surface area (Å²) in [7, 11) is 1.33. The van der Waals surface area contributed by atoms with Crippen LogP contribution in [-0.2, 0) is 0 Å². The molecule has 132 valence electrons. The first-order valence-electron chi connectivity index (χ1n) is 6.86. The van der Waals surface area contributed by atoms with Gasteiger partial charge in [0.2, 0.25) is 5.88 Å². The molecule has 26 heavy (non-hydrogen) atoms. The zero-order chi connectivity index (χ0) is 18.6. The summed E-state index contributed by atoms with van der Waals surface area (Å²) < 4.78 is 5.06. The zero-order valence-corrected chi connectivity index (χ0v) is 14.3. The molecule has 0 aliphatic rings. The number of guanidine groups is 1. The summed E-state index contributed by atoms with van der Waals surface area (Å²) in [4.78, 5) is 15.9. The summed E-state index contributed by atoms with van der Waals surface area (Å²) in [6.07, 6.45) is 0. The lowest BCUT2D eigenvalue weighted by molar-refractivity contribution is 0.0976. The van der Waals surface area contributed by atoms with E-state index in [9.17, 15) is 15.3 Å². The predicted octanol–water partition coefficient (Wildman–Crippen LogP) is 1.13. The van der Waals surface area contributed by atoms with Gasteiger partial charge >= 0.3 is 0 Å². The van der Waals surface area contributed by atoms with Crippen LogP contribution in [0.4, 0.5) is 5.82 Å². The number of aromatic nitrogens is 1. The van der Waals surface area contributed by atoms with Crippen LogP contribution in [0.2, 0.25) is 0 Å². The number of carbonyl (C=O) groups excluding carboxylic acids is 1. The van der Waals surface area contributed by atoms with Crippen molar-refractivity contribution in [2.45, 2.75) is 0 Å². The van der Waals surface area contributed by atoms with Crippen LogP contribution in [0.5, 0.6) is 5.88 Å². The van der Waals surface area contributed by atoms with Gasteiger partial charge in [0.05, 0.1) is 7.11 Å². The molecule has 0 fully saturated rings. The summed E-state index contributed by atoms with van der Waals surface area (Å²) in [5.41, 5.74) is 11.8. The van der Waals surface area contributed by atoms with E-state index in [1.54, 1.807) is 12.1 Å². The van der Waals surface area contributed by atoms with Crippen molar-refractivity contribution in [3.8, 4) is 29.1 Å². The maximum absolute atomic E-state index is 12.0. The molecule has 0 radical (unpaired) electrons. The molecule has 0 bridgehead atoms. The molecule has 1 aromatic heterocycles. The van der Waals surface area contributed by atoms with Crippen LogP contribution in [0, 0.1) is 28.1 Å². The van der Waals surface area contributed by atoms with Gasteiger partial charge in [0.1, 0.15) is 29.1 Å². The third kappa shape index (κ3) is 3.80. The van der Waals surface area contributed by atoms with Crippen molar-refractivity contribution in [3.05, 3.63) is 41.0 Å². The van der Waals surface area contributed by atoms with Crippen molar-refractivity contribution in [2.24, 2.45) is 5.73 Å². The van der Waals surface area contributed by atoms with Gasteiger partial charge in [-0.1, -0.05) is 12.1 Å². The molecule has 0 aliphatic heterocycles. The minimum atomic E-state index is -0.597. The topological polar surface area (TPSA) is 175 Å². The number of benzene rings is 1. The number of hydrogen-bond donors (Lipinski definition) is 4. The van der Waals surface area contributed by atoms with Gasteiger partial charge in [0.15, 0.2) is 5.96 Å². The Kier molecular flexibility index (Phi) is 6.48. The fraction of sp³-hybridized carbons (Fsp3) is 0.0625. The number of halogens is 1. The Labute approximate surface area is 155 Å². The van der Waals surface area contributed by atoms with Gasteiger partial charge < -0.3 is 16.2 Å². The van der Waals surface area contributed by atoms with E-state index in [-0.39, 0.29) is 46.4 Å².